The molecule has 1 atom stereocenters. The lowest BCUT2D eigenvalue weighted by molar-refractivity contribution is -0.121. The number of thiazole rings is 1. The van der Waals surface area contributed by atoms with Crippen LogP contribution in [0.3, 0.4) is 0 Å². The average Bonchev–Trinajstić information content (AvgIpc) is 3.10. The number of nitrogens with zero attached hydrogens (tertiary/aromatic N) is 1. The van der Waals surface area contributed by atoms with Crippen LogP contribution in [0, 0.1) is 5.92 Å². The van der Waals surface area contributed by atoms with Crippen molar-refractivity contribution in [2.24, 2.45) is 5.92 Å². The third kappa shape index (κ3) is 4.81. The quantitative estimate of drug-likeness (QED) is 0.849. The molecular formula is C15H23N3O2S. The molecule has 1 aliphatic rings. The lowest BCUT2D eigenvalue weighted by Crippen LogP contribution is -2.33. The third-order valence-electron chi connectivity index (χ3n) is 3.87. The molecule has 0 aromatic carbocycles. The molecule has 2 amide bonds. The third-order valence-corrected chi connectivity index (χ3v) is 4.68. The van der Waals surface area contributed by atoms with Crippen molar-refractivity contribution in [3.05, 3.63) is 11.1 Å². The zero-order valence-corrected chi connectivity index (χ0v) is 13.5. The molecule has 0 bridgehead atoms. The molecule has 1 aromatic heterocycles. The second-order valence-corrected chi connectivity index (χ2v) is 6.53. The van der Waals surface area contributed by atoms with Crippen LogP contribution in [0.25, 0.3) is 0 Å². The number of rotatable bonds is 6. The molecule has 21 heavy (non-hydrogen) atoms. The number of hydrogen-bond acceptors (Lipinski definition) is 4. The first-order chi connectivity index (χ1) is 10.1. The van der Waals surface area contributed by atoms with E-state index in [1.807, 2.05) is 19.2 Å². The van der Waals surface area contributed by atoms with Gasteiger partial charge < -0.3 is 10.6 Å². The summed E-state index contributed by atoms with van der Waals surface area (Å²) in [5.41, 5.74) is 0.711. The van der Waals surface area contributed by atoms with Crippen molar-refractivity contribution < 1.29 is 9.59 Å². The molecule has 1 aliphatic carbocycles. The van der Waals surface area contributed by atoms with Gasteiger partial charge in [-0.05, 0) is 26.2 Å². The first-order valence-corrected chi connectivity index (χ1v) is 8.51. The normalized spacial score (nSPS) is 16.7. The number of nitrogens with one attached hydrogen (secondary N) is 2. The van der Waals surface area contributed by atoms with Crippen molar-refractivity contribution in [1.29, 1.82) is 0 Å². The van der Waals surface area contributed by atoms with Gasteiger partial charge in [0.15, 0.2) is 5.13 Å². The predicted molar refractivity (Wildman–Crippen MR) is 84.3 cm³/mol. The van der Waals surface area contributed by atoms with E-state index in [0.717, 1.165) is 32.1 Å². The topological polar surface area (TPSA) is 71.1 Å². The fourth-order valence-corrected chi connectivity index (χ4v) is 3.15. The molecule has 1 heterocycles. The summed E-state index contributed by atoms with van der Waals surface area (Å²) in [6, 6.07) is 0.178. The number of anilines is 1. The van der Waals surface area contributed by atoms with Crippen LogP contribution >= 0.6 is 11.3 Å². The summed E-state index contributed by atoms with van der Waals surface area (Å²) in [7, 11) is 0. The Labute approximate surface area is 129 Å². The smallest absolute Gasteiger partial charge is 0.229 e. The highest BCUT2D eigenvalue weighted by molar-refractivity contribution is 7.13. The van der Waals surface area contributed by atoms with Crippen molar-refractivity contribution in [1.82, 2.24) is 10.3 Å². The molecule has 0 aliphatic heterocycles. The Morgan fingerprint density at radius 2 is 2.14 bits per heavy atom. The maximum Gasteiger partial charge on any atom is 0.229 e. The lowest BCUT2D eigenvalue weighted by atomic mass is 10.1. The summed E-state index contributed by atoms with van der Waals surface area (Å²) in [4.78, 5) is 28.1. The first kappa shape index (κ1) is 15.9. The Morgan fingerprint density at radius 1 is 1.43 bits per heavy atom. The summed E-state index contributed by atoms with van der Waals surface area (Å²) >= 11 is 1.38. The van der Waals surface area contributed by atoms with Gasteiger partial charge in [-0.25, -0.2) is 4.98 Å². The van der Waals surface area contributed by atoms with E-state index in [9.17, 15) is 9.59 Å². The SMILES string of the molecule is CCC(C)NC(=O)Cc1csc(NC(=O)C2CCCC2)n1. The van der Waals surface area contributed by atoms with Crippen LogP contribution in [0.2, 0.25) is 0 Å². The van der Waals surface area contributed by atoms with Crippen LogP contribution in [-0.4, -0.2) is 22.8 Å². The summed E-state index contributed by atoms with van der Waals surface area (Å²) in [5, 5.41) is 8.21. The standard InChI is InChI=1S/C15H23N3O2S/c1-3-10(2)16-13(19)8-12-9-21-15(17-12)18-14(20)11-6-4-5-7-11/h9-11H,3-8H2,1-2H3,(H,16,19)(H,17,18,20). The lowest BCUT2D eigenvalue weighted by Gasteiger charge is -2.10. The van der Waals surface area contributed by atoms with Gasteiger partial charge in [0, 0.05) is 17.3 Å². The van der Waals surface area contributed by atoms with E-state index in [1.165, 1.54) is 11.3 Å². The van der Waals surface area contributed by atoms with Crippen LogP contribution < -0.4 is 10.6 Å². The minimum absolute atomic E-state index is 0.0247. The fraction of sp³-hybridized carbons (Fsp3) is 0.667. The summed E-state index contributed by atoms with van der Waals surface area (Å²) in [6.45, 7) is 4.01. The molecule has 0 spiro atoms. The Hall–Kier alpha value is -1.43. The highest BCUT2D eigenvalue weighted by Gasteiger charge is 2.23. The van der Waals surface area contributed by atoms with Crippen molar-refractivity contribution >= 4 is 28.3 Å². The van der Waals surface area contributed by atoms with Gasteiger partial charge in [0.05, 0.1) is 12.1 Å². The minimum Gasteiger partial charge on any atom is -0.353 e. The van der Waals surface area contributed by atoms with Gasteiger partial charge in [0.2, 0.25) is 11.8 Å². The molecule has 2 N–H and O–H groups in total. The second-order valence-electron chi connectivity index (χ2n) is 5.67. The van der Waals surface area contributed by atoms with E-state index in [0.29, 0.717) is 10.8 Å². The van der Waals surface area contributed by atoms with E-state index in [1.54, 1.807) is 0 Å². The van der Waals surface area contributed by atoms with E-state index in [4.69, 9.17) is 0 Å². The maximum absolute atomic E-state index is 12.0. The van der Waals surface area contributed by atoms with Gasteiger partial charge in [0.25, 0.3) is 0 Å². The highest BCUT2D eigenvalue weighted by Crippen LogP contribution is 2.26. The van der Waals surface area contributed by atoms with E-state index >= 15 is 0 Å². The summed E-state index contributed by atoms with van der Waals surface area (Å²) in [6.07, 6.45) is 5.39. The molecule has 2 rings (SSSR count). The Kier molecular flexibility index (Phi) is 5.73. The first-order valence-electron chi connectivity index (χ1n) is 7.63. The molecule has 0 saturated heterocycles. The van der Waals surface area contributed by atoms with E-state index in [2.05, 4.69) is 15.6 Å². The van der Waals surface area contributed by atoms with Crippen LogP contribution in [0.1, 0.15) is 51.6 Å². The number of hydrogen-bond donors (Lipinski definition) is 2. The number of aromatic nitrogens is 1. The van der Waals surface area contributed by atoms with Gasteiger partial charge in [0.1, 0.15) is 0 Å². The predicted octanol–water partition coefficient (Wildman–Crippen LogP) is 2.73. The van der Waals surface area contributed by atoms with Crippen LogP contribution in [0.4, 0.5) is 5.13 Å². The number of amides is 2. The second kappa shape index (κ2) is 7.54. The van der Waals surface area contributed by atoms with Gasteiger partial charge >= 0.3 is 0 Å². The molecule has 116 valence electrons. The average molecular weight is 309 g/mol. The number of carbonyl (C=O) groups excluding carboxylic acids is 2. The summed E-state index contributed by atoms with van der Waals surface area (Å²) < 4.78 is 0. The van der Waals surface area contributed by atoms with Crippen LogP contribution in [0.5, 0.6) is 0 Å². The molecule has 1 unspecified atom stereocenters. The Balaban J connectivity index is 1.83. The van der Waals surface area contributed by atoms with Gasteiger partial charge in [-0.1, -0.05) is 19.8 Å². The fourth-order valence-electron chi connectivity index (χ4n) is 2.43. The molecule has 1 fully saturated rings. The number of carbonyl (C=O) groups is 2. The molecule has 5 nitrogen and oxygen atoms in total. The highest BCUT2D eigenvalue weighted by atomic mass is 32.1. The van der Waals surface area contributed by atoms with Crippen molar-refractivity contribution in [2.75, 3.05) is 5.32 Å². The molecular weight excluding hydrogens is 286 g/mol. The Bertz CT molecular complexity index is 495. The van der Waals surface area contributed by atoms with Gasteiger partial charge in [-0.15, -0.1) is 11.3 Å². The van der Waals surface area contributed by atoms with Crippen LogP contribution in [-0.2, 0) is 16.0 Å². The van der Waals surface area contributed by atoms with E-state index in [-0.39, 0.29) is 30.2 Å². The zero-order chi connectivity index (χ0) is 15.2. The van der Waals surface area contributed by atoms with Gasteiger partial charge in [-0.2, -0.15) is 0 Å². The zero-order valence-electron chi connectivity index (χ0n) is 12.6. The monoisotopic (exact) mass is 309 g/mol. The van der Waals surface area contributed by atoms with Crippen molar-refractivity contribution in [3.63, 3.8) is 0 Å². The molecule has 0 radical (unpaired) electrons. The minimum atomic E-state index is -0.0247. The van der Waals surface area contributed by atoms with Crippen LogP contribution in [0.15, 0.2) is 5.38 Å². The molecule has 6 heteroatoms. The Morgan fingerprint density at radius 3 is 2.81 bits per heavy atom. The molecule has 1 saturated carbocycles. The van der Waals surface area contributed by atoms with E-state index < -0.39 is 0 Å². The maximum atomic E-state index is 12.0. The van der Waals surface area contributed by atoms with Gasteiger partial charge in [-0.3, -0.25) is 9.59 Å². The molecule has 1 aromatic rings. The largest absolute Gasteiger partial charge is 0.353 e. The van der Waals surface area contributed by atoms with Crippen molar-refractivity contribution in [2.45, 2.75) is 58.4 Å². The summed E-state index contributed by atoms with van der Waals surface area (Å²) in [5.74, 6) is 0.173. The van der Waals surface area contributed by atoms with Crippen molar-refractivity contribution in [3.8, 4) is 0 Å².